The third kappa shape index (κ3) is 7.98. The Balaban J connectivity index is 1.72. The summed E-state index contributed by atoms with van der Waals surface area (Å²) in [5.74, 6) is -0.775. The second-order valence-electron chi connectivity index (χ2n) is 8.46. The highest BCUT2D eigenvalue weighted by molar-refractivity contribution is 5.81. The summed E-state index contributed by atoms with van der Waals surface area (Å²) >= 11 is 0. The van der Waals surface area contributed by atoms with Crippen LogP contribution in [0.15, 0.2) is 98.1 Å². The monoisotopic (exact) mass is 483 g/mol. The third-order valence-electron chi connectivity index (χ3n) is 5.69. The van der Waals surface area contributed by atoms with Crippen LogP contribution < -0.4 is 4.90 Å². The minimum Gasteiger partial charge on any atom is -0.463 e. The highest BCUT2D eigenvalue weighted by Crippen LogP contribution is 2.35. The third-order valence-corrected chi connectivity index (χ3v) is 5.69. The minimum atomic E-state index is -0.388. The Hall–Kier alpha value is -4.12. The van der Waals surface area contributed by atoms with Crippen LogP contribution in [0.2, 0.25) is 0 Å². The van der Waals surface area contributed by atoms with Crippen molar-refractivity contribution in [3.63, 3.8) is 0 Å². The Labute approximate surface area is 213 Å². The van der Waals surface area contributed by atoms with Gasteiger partial charge in [0.1, 0.15) is 0 Å². The lowest BCUT2D eigenvalue weighted by molar-refractivity contribution is -0.138. The van der Waals surface area contributed by atoms with E-state index < -0.39 is 0 Å². The van der Waals surface area contributed by atoms with E-state index in [0.717, 1.165) is 42.7 Å². The predicted octanol–water partition coefficient (Wildman–Crippen LogP) is 6.79. The number of benzene rings is 3. The van der Waals surface area contributed by atoms with Gasteiger partial charge >= 0.3 is 11.9 Å². The van der Waals surface area contributed by atoms with Gasteiger partial charge in [-0.05, 0) is 85.7 Å². The smallest absolute Gasteiger partial charge is 0.330 e. The first kappa shape index (κ1) is 26.5. The molecule has 0 saturated heterocycles. The molecule has 0 heterocycles. The largest absolute Gasteiger partial charge is 0.463 e. The second kappa shape index (κ2) is 13.7. The van der Waals surface area contributed by atoms with Gasteiger partial charge in [0.15, 0.2) is 0 Å². The highest BCUT2D eigenvalue weighted by Gasteiger charge is 2.13. The Morgan fingerprint density at radius 3 is 1.61 bits per heavy atom. The average molecular weight is 484 g/mol. The van der Waals surface area contributed by atoms with Crippen LogP contribution in [0.25, 0.3) is 0 Å². The quantitative estimate of drug-likeness (QED) is 0.152. The van der Waals surface area contributed by atoms with E-state index in [9.17, 15) is 9.59 Å². The maximum Gasteiger partial charge on any atom is 0.330 e. The van der Waals surface area contributed by atoms with Crippen molar-refractivity contribution in [1.29, 1.82) is 0 Å². The fraction of sp³-hybridized carbons (Fsp3) is 0.226. The number of anilines is 3. The highest BCUT2D eigenvalue weighted by atomic mass is 16.5. The number of esters is 2. The number of nitrogens with zero attached hydrogens (tertiary/aromatic N) is 1. The first-order valence-electron chi connectivity index (χ1n) is 12.1. The van der Waals surface area contributed by atoms with E-state index in [0.29, 0.717) is 13.2 Å². The first-order chi connectivity index (χ1) is 17.5. The number of aryl methyl sites for hydroxylation is 3. The SMILES string of the molecule is C=CC(=O)OCCCc1ccc(N(c2ccc(CCCOC(=O)C=C)cc2)c2cccc(C)c2)cc1. The van der Waals surface area contributed by atoms with E-state index in [-0.39, 0.29) is 11.9 Å². The van der Waals surface area contributed by atoms with Gasteiger partial charge in [-0.3, -0.25) is 0 Å². The number of rotatable bonds is 13. The van der Waals surface area contributed by atoms with Gasteiger partial charge in [0.05, 0.1) is 13.2 Å². The summed E-state index contributed by atoms with van der Waals surface area (Å²) in [4.78, 5) is 24.6. The lowest BCUT2D eigenvalue weighted by Crippen LogP contribution is -2.10. The van der Waals surface area contributed by atoms with Crippen LogP contribution >= 0.6 is 0 Å². The molecule has 5 heteroatoms. The number of hydrogen-bond acceptors (Lipinski definition) is 5. The molecule has 0 aliphatic carbocycles. The molecule has 0 aromatic heterocycles. The normalized spacial score (nSPS) is 10.4. The van der Waals surface area contributed by atoms with E-state index >= 15 is 0 Å². The Kier molecular flexibility index (Phi) is 10.1. The van der Waals surface area contributed by atoms with Crippen molar-refractivity contribution in [2.75, 3.05) is 18.1 Å². The number of ether oxygens (including phenoxy) is 2. The predicted molar refractivity (Wildman–Crippen MR) is 145 cm³/mol. The summed E-state index contributed by atoms with van der Waals surface area (Å²) in [5.41, 5.74) is 6.77. The Morgan fingerprint density at radius 1 is 0.722 bits per heavy atom. The maximum absolute atomic E-state index is 11.2. The molecule has 3 aromatic rings. The zero-order valence-corrected chi connectivity index (χ0v) is 20.8. The van der Waals surface area contributed by atoms with Crippen LogP contribution in [-0.2, 0) is 31.9 Å². The van der Waals surface area contributed by atoms with Gasteiger partial charge in [0.25, 0.3) is 0 Å². The van der Waals surface area contributed by atoms with Gasteiger partial charge in [-0.1, -0.05) is 49.6 Å². The van der Waals surface area contributed by atoms with Crippen LogP contribution in [0, 0.1) is 6.92 Å². The van der Waals surface area contributed by atoms with E-state index in [1.165, 1.54) is 28.8 Å². The van der Waals surface area contributed by atoms with Gasteiger partial charge in [0.2, 0.25) is 0 Å². The number of carbonyl (C=O) groups excluding carboxylic acids is 2. The van der Waals surface area contributed by atoms with Gasteiger partial charge in [-0.2, -0.15) is 0 Å². The molecule has 0 amide bonds. The molecule has 3 rings (SSSR count). The Bertz CT molecular complexity index is 1090. The maximum atomic E-state index is 11.2. The topological polar surface area (TPSA) is 55.8 Å². The average Bonchev–Trinajstić information content (AvgIpc) is 2.90. The van der Waals surface area contributed by atoms with Gasteiger partial charge in [-0.25, -0.2) is 9.59 Å². The molecule has 0 atom stereocenters. The van der Waals surface area contributed by atoms with Crippen molar-refractivity contribution in [2.24, 2.45) is 0 Å². The molecule has 0 bridgehead atoms. The van der Waals surface area contributed by atoms with Crippen LogP contribution in [0.4, 0.5) is 17.1 Å². The van der Waals surface area contributed by atoms with E-state index in [2.05, 4.69) is 97.8 Å². The van der Waals surface area contributed by atoms with Crippen molar-refractivity contribution in [3.8, 4) is 0 Å². The zero-order chi connectivity index (χ0) is 25.8. The Morgan fingerprint density at radius 2 is 1.19 bits per heavy atom. The molecule has 3 aromatic carbocycles. The first-order valence-corrected chi connectivity index (χ1v) is 12.1. The van der Waals surface area contributed by atoms with Crippen molar-refractivity contribution in [1.82, 2.24) is 0 Å². The number of carbonyl (C=O) groups is 2. The van der Waals surface area contributed by atoms with Gasteiger partial charge < -0.3 is 14.4 Å². The van der Waals surface area contributed by atoms with Gasteiger partial charge in [-0.15, -0.1) is 0 Å². The summed E-state index contributed by atoms with van der Waals surface area (Å²) < 4.78 is 10.1. The minimum absolute atomic E-state index is 0.380. The fourth-order valence-corrected chi connectivity index (χ4v) is 3.85. The molecule has 5 nitrogen and oxygen atoms in total. The second-order valence-corrected chi connectivity index (χ2v) is 8.46. The fourth-order valence-electron chi connectivity index (χ4n) is 3.85. The van der Waals surface area contributed by atoms with Crippen LogP contribution in [-0.4, -0.2) is 25.2 Å². The lowest BCUT2D eigenvalue weighted by Gasteiger charge is -2.26. The van der Waals surface area contributed by atoms with Crippen molar-refractivity contribution in [2.45, 2.75) is 32.6 Å². The van der Waals surface area contributed by atoms with E-state index in [4.69, 9.17) is 9.47 Å². The molecule has 0 saturated carbocycles. The standard InChI is InChI=1S/C31H33NO4/c1-4-30(33)35-21-7-10-25-13-17-27(18-14-25)32(29-12-6-9-24(3)23-29)28-19-15-26(16-20-28)11-8-22-36-31(34)5-2/h4-6,9,12-20,23H,1-2,7-8,10-11,21-22H2,3H3. The summed E-state index contributed by atoms with van der Waals surface area (Å²) in [5, 5.41) is 0. The molecule has 0 aliphatic rings. The van der Waals surface area contributed by atoms with E-state index in [1.807, 2.05) is 0 Å². The zero-order valence-electron chi connectivity index (χ0n) is 20.8. The van der Waals surface area contributed by atoms with Gasteiger partial charge in [0, 0.05) is 29.2 Å². The van der Waals surface area contributed by atoms with E-state index in [1.54, 1.807) is 0 Å². The molecule has 0 radical (unpaired) electrons. The summed E-state index contributed by atoms with van der Waals surface area (Å²) in [7, 11) is 0. The molecule has 0 unspecified atom stereocenters. The van der Waals surface area contributed by atoms with Crippen LogP contribution in [0.1, 0.15) is 29.5 Å². The molecular formula is C31H33NO4. The molecule has 0 N–H and O–H groups in total. The van der Waals surface area contributed by atoms with Crippen LogP contribution in [0.3, 0.4) is 0 Å². The molecular weight excluding hydrogens is 450 g/mol. The molecule has 0 spiro atoms. The number of hydrogen-bond donors (Lipinski definition) is 0. The summed E-state index contributed by atoms with van der Waals surface area (Å²) in [6, 6.07) is 25.4. The summed E-state index contributed by atoms with van der Waals surface area (Å²) in [6.45, 7) is 9.67. The molecule has 36 heavy (non-hydrogen) atoms. The van der Waals surface area contributed by atoms with Crippen molar-refractivity contribution in [3.05, 3.63) is 115 Å². The lowest BCUT2D eigenvalue weighted by atomic mass is 10.1. The molecule has 186 valence electrons. The van der Waals surface area contributed by atoms with Crippen LogP contribution in [0.5, 0.6) is 0 Å². The van der Waals surface area contributed by atoms with Crippen molar-refractivity contribution < 1.29 is 19.1 Å². The molecule has 0 fully saturated rings. The molecule has 0 aliphatic heterocycles. The summed E-state index contributed by atoms with van der Waals surface area (Å²) in [6.07, 6.45) is 5.53. The van der Waals surface area contributed by atoms with Crippen molar-refractivity contribution >= 4 is 29.0 Å².